The van der Waals surface area contributed by atoms with Crippen LogP contribution in [0.1, 0.15) is 103 Å². The number of aromatic nitrogens is 6. The van der Waals surface area contributed by atoms with Gasteiger partial charge in [-0.3, -0.25) is 9.59 Å². The number of ether oxygens (including phenoxy) is 6. The number of anilines is 2. The average Bonchev–Trinajstić information content (AvgIpc) is 3.69. The monoisotopic (exact) mass is 1220 g/mol. The molecule has 2 aromatic heterocycles. The van der Waals surface area contributed by atoms with E-state index in [1.807, 2.05) is 24.3 Å². The van der Waals surface area contributed by atoms with Crippen molar-refractivity contribution in [3.8, 4) is 23.5 Å². The second kappa shape index (κ2) is 33.5. The van der Waals surface area contributed by atoms with Crippen molar-refractivity contribution < 1.29 is 73.9 Å². The summed E-state index contributed by atoms with van der Waals surface area (Å²) in [5.74, 6) is 1.07. The van der Waals surface area contributed by atoms with Crippen molar-refractivity contribution in [2.24, 2.45) is 0 Å². The molecule has 0 aliphatic carbocycles. The number of nitrogens with one attached hydrogen (secondary N) is 4. The molecule has 4 N–H and O–H groups in total. The highest BCUT2D eigenvalue weighted by molar-refractivity contribution is 5.94. The number of halogens is 6. The van der Waals surface area contributed by atoms with Gasteiger partial charge in [0.1, 0.15) is 23.1 Å². The quantitative estimate of drug-likeness (QED) is 0.113. The highest BCUT2D eigenvalue weighted by Crippen LogP contribution is 2.22. The Morgan fingerprint density at radius 3 is 1.31 bits per heavy atom. The predicted molar refractivity (Wildman–Crippen MR) is 309 cm³/mol. The molecule has 87 heavy (non-hydrogen) atoms. The molecule has 8 aliphatic rings. The summed E-state index contributed by atoms with van der Waals surface area (Å²) >= 11 is 0. The summed E-state index contributed by atoms with van der Waals surface area (Å²) in [6.45, 7) is 5.33. The molecule has 6 aromatic rings. The van der Waals surface area contributed by atoms with Crippen molar-refractivity contribution in [1.82, 2.24) is 50.3 Å². The zero-order valence-electron chi connectivity index (χ0n) is 46.8. The maximum Gasteiger partial charge on any atom is 0.422 e. The predicted octanol–water partition coefficient (Wildman–Crippen LogP) is 9.63. The van der Waals surface area contributed by atoms with Crippen LogP contribution >= 0.6 is 0 Å². The summed E-state index contributed by atoms with van der Waals surface area (Å²) in [5.41, 5.74) is 3.91. The van der Waals surface area contributed by atoms with E-state index < -0.39 is 49.8 Å². The summed E-state index contributed by atoms with van der Waals surface area (Å²) in [5, 5.41) is 11.6. The van der Waals surface area contributed by atoms with Gasteiger partial charge in [-0.05, 0) is 104 Å². The fourth-order valence-electron chi connectivity index (χ4n) is 8.00. The lowest BCUT2D eigenvalue weighted by atomic mass is 10.1. The number of nitrogens with zero attached hydrogens (tertiary/aromatic N) is 8. The van der Waals surface area contributed by atoms with Crippen molar-refractivity contribution in [2.45, 2.75) is 92.9 Å². The largest absolute Gasteiger partial charge is 0.494 e. The molecule has 4 aromatic carbocycles. The first kappa shape index (κ1) is 68.5. The lowest BCUT2D eigenvalue weighted by molar-refractivity contribution is -0.155. The Morgan fingerprint density at radius 2 is 0.931 bits per heavy atom. The van der Waals surface area contributed by atoms with Gasteiger partial charge < -0.3 is 59.5 Å². The zero-order valence-corrected chi connectivity index (χ0v) is 46.8. The number of carbonyl (C=O) groups is 4. The molecule has 28 heteroatoms. The van der Waals surface area contributed by atoms with Gasteiger partial charge in [-0.1, -0.05) is 63.4 Å². The first-order valence-corrected chi connectivity index (χ1v) is 27.1. The van der Waals surface area contributed by atoms with Crippen molar-refractivity contribution in [2.75, 3.05) is 82.9 Å². The van der Waals surface area contributed by atoms with Gasteiger partial charge in [0.05, 0.1) is 25.9 Å². The first-order valence-electron chi connectivity index (χ1n) is 27.1. The Bertz CT molecular complexity index is 3130. The Morgan fingerprint density at radius 1 is 0.540 bits per heavy atom. The number of carbonyl (C=O) groups excluding carboxylic acids is 4. The van der Waals surface area contributed by atoms with Gasteiger partial charge in [-0.2, -0.15) is 56.2 Å². The molecule has 22 nitrogen and oxygen atoms in total. The zero-order chi connectivity index (χ0) is 60.8. The highest BCUT2D eigenvalue weighted by Gasteiger charge is 2.30. The number of alkyl halides is 6. The molecule has 8 aliphatic heterocycles. The van der Waals surface area contributed by atoms with Crippen LogP contribution in [0.3, 0.4) is 0 Å². The van der Waals surface area contributed by atoms with Crippen LogP contribution in [0.25, 0.3) is 0 Å². The number of benzene rings is 4. The van der Waals surface area contributed by atoms with Crippen LogP contribution in [0.5, 0.6) is 23.5 Å². The number of hydrogen-bond acceptors (Lipinski definition) is 18. The summed E-state index contributed by atoms with van der Waals surface area (Å²) in [4.78, 5) is 78.2. The minimum absolute atomic E-state index is 0. The second-order valence-corrected chi connectivity index (χ2v) is 19.3. The molecule has 0 saturated heterocycles. The molecule has 14 rings (SSSR count). The van der Waals surface area contributed by atoms with E-state index >= 15 is 0 Å². The molecule has 0 radical (unpaired) electrons. The maximum atomic E-state index is 12.8. The second-order valence-electron chi connectivity index (χ2n) is 19.3. The van der Waals surface area contributed by atoms with E-state index in [0.717, 1.165) is 11.1 Å². The Kier molecular flexibility index (Phi) is 26.4. The van der Waals surface area contributed by atoms with E-state index in [4.69, 9.17) is 28.4 Å². The summed E-state index contributed by atoms with van der Waals surface area (Å²) in [6.07, 6.45) is -8.96. The lowest BCUT2D eigenvalue weighted by Crippen LogP contribution is -2.40. The third-order valence-corrected chi connectivity index (χ3v) is 12.1. The van der Waals surface area contributed by atoms with Crippen molar-refractivity contribution in [3.63, 3.8) is 0 Å². The Balaban J connectivity index is 0.000000310. The molecule has 0 atom stereocenters. The van der Waals surface area contributed by atoms with E-state index in [0.29, 0.717) is 72.9 Å². The Labute approximate surface area is 500 Å². The number of amides is 4. The minimum atomic E-state index is -4.56. The van der Waals surface area contributed by atoms with E-state index in [1.165, 1.54) is 9.80 Å². The maximum absolute atomic E-state index is 12.8. The van der Waals surface area contributed by atoms with Gasteiger partial charge in [-0.25, -0.2) is 9.59 Å². The number of rotatable bonds is 6. The third-order valence-electron chi connectivity index (χ3n) is 12.1. The highest BCUT2D eigenvalue weighted by atomic mass is 19.4. The smallest absolute Gasteiger partial charge is 0.422 e. The van der Waals surface area contributed by atoms with Gasteiger partial charge in [-0.15, -0.1) is 0 Å². The molecular weight excluding hydrogens is 1150 g/mol. The van der Waals surface area contributed by atoms with Crippen LogP contribution in [-0.4, -0.2) is 154 Å². The van der Waals surface area contributed by atoms with Gasteiger partial charge in [0.15, 0.2) is 13.2 Å². The lowest BCUT2D eigenvalue weighted by Gasteiger charge is -2.23. The molecule has 4 amide bonds. The van der Waals surface area contributed by atoms with E-state index in [-0.39, 0.29) is 115 Å². The first-order chi connectivity index (χ1) is 40.7. The van der Waals surface area contributed by atoms with Crippen molar-refractivity contribution >= 4 is 35.9 Å². The molecule has 0 saturated carbocycles. The molecule has 0 fully saturated rings. The topological polar surface area (TPSA) is 256 Å². The van der Waals surface area contributed by atoms with E-state index in [1.54, 1.807) is 93.6 Å². The Hall–Kier alpha value is -9.24. The van der Waals surface area contributed by atoms with Gasteiger partial charge in [0.2, 0.25) is 11.9 Å². The summed E-state index contributed by atoms with van der Waals surface area (Å²) in [7, 11) is 0. The van der Waals surface area contributed by atoms with E-state index in [2.05, 4.69) is 51.2 Å². The fraction of sp³-hybridized carbons (Fsp3) is 0.424. The molecule has 470 valence electrons. The summed E-state index contributed by atoms with van der Waals surface area (Å²) < 4.78 is 108. The average molecular weight is 1220 g/mol. The van der Waals surface area contributed by atoms with Crippen molar-refractivity contribution in [3.05, 3.63) is 142 Å². The standard InChI is InChI=1S/C29H33F3N6O5.C28H31F3N6O5.2CH4/c1-19(2)43-28(40)38-13-3-15-41-23-10-6-21(7-11-23)17-34-26-35-24(36-27(37-26)42-18-29(30,31)32)16-20-4-8-22(9-5-20)25(39)33-12-14-38;1-2-40-27(39)37-13-3-15-41-22-10-6-20(7-11-22)17-33-25-34-23(35-26(36-25)42-18-28(29,30)31)16-19-4-8-21(9-5-19)24(38)32-12-14-37;;/h4-11,19H,3,12-18H2,1-2H3,(H,33,39)(H,34,35,36,37);4-11H,2-3,12-18H2,1H3,(H,32,38)(H,33,34,35,36);2*1H4. The molecule has 0 spiro atoms. The molecule has 12 bridgehead atoms. The third kappa shape index (κ3) is 24.0. The normalized spacial score (nSPS) is 14.6. The van der Waals surface area contributed by atoms with Crippen LogP contribution in [0.15, 0.2) is 97.1 Å². The van der Waals surface area contributed by atoms with Gasteiger partial charge in [0.25, 0.3) is 11.8 Å². The molecular formula is C59H72F6N12O10. The minimum Gasteiger partial charge on any atom is -0.494 e. The molecule has 0 unspecified atom stereocenters. The van der Waals surface area contributed by atoms with Gasteiger partial charge >= 0.3 is 36.6 Å². The van der Waals surface area contributed by atoms with Crippen LogP contribution in [0.4, 0.5) is 47.8 Å². The van der Waals surface area contributed by atoms with Crippen LogP contribution in [-0.2, 0) is 35.4 Å². The fourth-order valence-corrected chi connectivity index (χ4v) is 8.00. The van der Waals surface area contributed by atoms with Crippen molar-refractivity contribution in [1.29, 1.82) is 0 Å². The van der Waals surface area contributed by atoms with Crippen LogP contribution < -0.4 is 40.2 Å². The summed E-state index contributed by atoms with van der Waals surface area (Å²) in [6, 6.07) is 26.8. The molecule has 10 heterocycles. The number of hydrogen-bond donors (Lipinski definition) is 4. The van der Waals surface area contributed by atoms with E-state index in [9.17, 15) is 45.5 Å². The SMILES string of the molecule is C.C.CC(C)OC(=O)N1CCCOc2ccc(cc2)CNc2nc(nc(OCC(F)(F)F)n2)Cc2ccc(cc2)C(=O)NCC1.CCOC(=O)N1CCCOc2ccc(cc2)CNc2nc(nc(OCC(F)(F)F)n2)Cc2ccc(cc2)C(=O)NCC1. The van der Waals surface area contributed by atoms with Crippen LogP contribution in [0.2, 0.25) is 0 Å². The van der Waals surface area contributed by atoms with Gasteiger partial charge in [0, 0.05) is 76.3 Å². The van der Waals surface area contributed by atoms with Crippen LogP contribution in [0, 0.1) is 0 Å².